The van der Waals surface area contributed by atoms with Crippen molar-refractivity contribution in [2.75, 3.05) is 13.6 Å². The molecule has 2 N–H and O–H groups in total. The molecule has 0 radical (unpaired) electrons. The summed E-state index contributed by atoms with van der Waals surface area (Å²) >= 11 is 0. The molecule has 6 nitrogen and oxygen atoms in total. The smallest absolute Gasteiger partial charge is 0.191 e. The summed E-state index contributed by atoms with van der Waals surface area (Å²) in [6.07, 6.45) is 16.9. The zero-order valence-electron chi connectivity index (χ0n) is 15.7. The van der Waals surface area contributed by atoms with Crippen LogP contribution in [0.1, 0.15) is 50.5 Å². The number of pyridine rings is 1. The van der Waals surface area contributed by atoms with Gasteiger partial charge in [0.1, 0.15) is 12.1 Å². The number of imidazole rings is 1. The Bertz CT molecular complexity index is 673. The van der Waals surface area contributed by atoms with Crippen molar-refractivity contribution in [2.24, 2.45) is 10.9 Å². The van der Waals surface area contributed by atoms with Crippen molar-refractivity contribution in [3.63, 3.8) is 0 Å². The van der Waals surface area contributed by atoms with Crippen LogP contribution in [0.5, 0.6) is 0 Å². The molecule has 0 aromatic carbocycles. The average Bonchev–Trinajstić information content (AvgIpc) is 3.23. The summed E-state index contributed by atoms with van der Waals surface area (Å²) in [5.41, 5.74) is 1.16. The van der Waals surface area contributed by atoms with Crippen LogP contribution < -0.4 is 10.6 Å². The summed E-state index contributed by atoms with van der Waals surface area (Å²) in [5.74, 6) is 2.67. The van der Waals surface area contributed by atoms with Gasteiger partial charge >= 0.3 is 0 Å². The first-order chi connectivity index (χ1) is 12.8. The van der Waals surface area contributed by atoms with Gasteiger partial charge in [-0.1, -0.05) is 32.1 Å². The molecule has 0 unspecified atom stereocenters. The molecule has 0 bridgehead atoms. The Morgan fingerprint density at radius 2 is 2.12 bits per heavy atom. The van der Waals surface area contributed by atoms with Crippen molar-refractivity contribution in [3.8, 4) is 5.82 Å². The normalized spacial score (nSPS) is 15.8. The maximum atomic E-state index is 4.38. The highest BCUT2D eigenvalue weighted by Gasteiger charge is 2.12. The van der Waals surface area contributed by atoms with Crippen molar-refractivity contribution in [3.05, 3.63) is 42.6 Å². The van der Waals surface area contributed by atoms with Crippen molar-refractivity contribution >= 4 is 5.96 Å². The van der Waals surface area contributed by atoms with Crippen molar-refractivity contribution in [1.29, 1.82) is 0 Å². The van der Waals surface area contributed by atoms with Crippen LogP contribution in [0.25, 0.3) is 5.82 Å². The van der Waals surface area contributed by atoms with E-state index in [1.54, 1.807) is 12.5 Å². The number of guanidine groups is 1. The number of hydrogen-bond donors (Lipinski definition) is 2. The summed E-state index contributed by atoms with van der Waals surface area (Å²) in [6, 6.07) is 4.08. The quantitative estimate of drug-likeness (QED) is 0.455. The maximum Gasteiger partial charge on any atom is 0.191 e. The first-order valence-corrected chi connectivity index (χ1v) is 9.73. The van der Waals surface area contributed by atoms with Gasteiger partial charge in [0, 0.05) is 38.7 Å². The molecule has 0 atom stereocenters. The lowest BCUT2D eigenvalue weighted by atomic mass is 9.86. The third kappa shape index (κ3) is 5.58. The van der Waals surface area contributed by atoms with Crippen LogP contribution in [-0.4, -0.2) is 34.1 Å². The third-order valence-electron chi connectivity index (χ3n) is 5.07. The zero-order valence-corrected chi connectivity index (χ0v) is 15.7. The van der Waals surface area contributed by atoms with E-state index >= 15 is 0 Å². The molecular weight excluding hydrogens is 324 g/mol. The standard InChI is InChI=1S/C20H30N6/c1-21-20(24-10-5-8-17-6-3-2-4-7-17)25-15-18-9-11-23-19(14-18)26-13-12-22-16-26/h9,11-14,16-17H,2-8,10,15H2,1H3,(H2,21,24,25). The van der Waals surface area contributed by atoms with Gasteiger partial charge in [-0.25, -0.2) is 9.97 Å². The molecular formula is C20H30N6. The van der Waals surface area contributed by atoms with E-state index in [9.17, 15) is 0 Å². The lowest BCUT2D eigenvalue weighted by Gasteiger charge is -2.21. The van der Waals surface area contributed by atoms with Gasteiger partial charge in [0.05, 0.1) is 0 Å². The Kier molecular flexibility index (Phi) is 7.05. The van der Waals surface area contributed by atoms with Gasteiger partial charge < -0.3 is 10.6 Å². The first-order valence-electron chi connectivity index (χ1n) is 9.73. The number of rotatable bonds is 7. The molecule has 0 saturated heterocycles. The lowest BCUT2D eigenvalue weighted by molar-refractivity contribution is 0.332. The molecule has 1 aliphatic rings. The van der Waals surface area contributed by atoms with E-state index in [-0.39, 0.29) is 0 Å². The number of aliphatic imine (C=N–C) groups is 1. The highest BCUT2D eigenvalue weighted by atomic mass is 15.2. The molecule has 1 saturated carbocycles. The SMILES string of the molecule is CN=C(NCCCC1CCCCC1)NCc1ccnc(-n2ccnc2)c1. The maximum absolute atomic E-state index is 4.38. The van der Waals surface area contributed by atoms with Crippen LogP contribution >= 0.6 is 0 Å². The number of nitrogens with zero attached hydrogens (tertiary/aromatic N) is 4. The summed E-state index contributed by atoms with van der Waals surface area (Å²) in [4.78, 5) is 12.8. The minimum Gasteiger partial charge on any atom is -0.356 e. The fraction of sp³-hybridized carbons (Fsp3) is 0.550. The minimum atomic E-state index is 0.715. The predicted molar refractivity (Wildman–Crippen MR) is 105 cm³/mol. The predicted octanol–water partition coefficient (Wildman–Crippen LogP) is 3.29. The van der Waals surface area contributed by atoms with E-state index in [2.05, 4.69) is 31.7 Å². The Morgan fingerprint density at radius 1 is 1.23 bits per heavy atom. The van der Waals surface area contributed by atoms with Crippen LogP contribution in [0.3, 0.4) is 0 Å². The van der Waals surface area contributed by atoms with Crippen LogP contribution in [0, 0.1) is 5.92 Å². The molecule has 2 aromatic heterocycles. The molecule has 3 rings (SSSR count). The highest BCUT2D eigenvalue weighted by Crippen LogP contribution is 2.26. The van der Waals surface area contributed by atoms with E-state index in [1.807, 2.05) is 30.1 Å². The monoisotopic (exact) mass is 354 g/mol. The second kappa shape index (κ2) is 9.94. The van der Waals surface area contributed by atoms with Crippen molar-refractivity contribution < 1.29 is 0 Å². The molecule has 2 heterocycles. The van der Waals surface area contributed by atoms with Gasteiger partial charge in [0.25, 0.3) is 0 Å². The van der Waals surface area contributed by atoms with Gasteiger partial charge in [-0.3, -0.25) is 9.56 Å². The van der Waals surface area contributed by atoms with Gasteiger partial charge in [0.2, 0.25) is 0 Å². The minimum absolute atomic E-state index is 0.715. The largest absolute Gasteiger partial charge is 0.356 e. The summed E-state index contributed by atoms with van der Waals surface area (Å²) < 4.78 is 1.90. The molecule has 26 heavy (non-hydrogen) atoms. The molecule has 0 aliphatic heterocycles. The van der Waals surface area contributed by atoms with Crippen LogP contribution in [0.2, 0.25) is 0 Å². The zero-order chi connectivity index (χ0) is 18.0. The first kappa shape index (κ1) is 18.4. The summed E-state index contributed by atoms with van der Waals surface area (Å²) in [7, 11) is 1.82. The topological polar surface area (TPSA) is 67.1 Å². The number of nitrogens with one attached hydrogen (secondary N) is 2. The Morgan fingerprint density at radius 3 is 2.88 bits per heavy atom. The molecule has 2 aromatic rings. The van der Waals surface area contributed by atoms with Crippen LogP contribution in [0.4, 0.5) is 0 Å². The van der Waals surface area contributed by atoms with Gasteiger partial charge in [-0.05, 0) is 36.5 Å². The Hall–Kier alpha value is -2.37. The average molecular weight is 355 g/mol. The van der Waals surface area contributed by atoms with E-state index in [4.69, 9.17) is 0 Å². The van der Waals surface area contributed by atoms with Gasteiger partial charge in [0.15, 0.2) is 5.96 Å². The number of aromatic nitrogens is 3. The highest BCUT2D eigenvalue weighted by molar-refractivity contribution is 5.79. The summed E-state index contributed by atoms with van der Waals surface area (Å²) in [5, 5.41) is 6.81. The number of hydrogen-bond acceptors (Lipinski definition) is 3. The molecule has 1 aliphatic carbocycles. The van der Waals surface area contributed by atoms with E-state index in [0.29, 0.717) is 6.54 Å². The molecule has 1 fully saturated rings. The molecule has 0 amide bonds. The second-order valence-corrected chi connectivity index (χ2v) is 6.99. The Labute approximate surface area is 156 Å². The fourth-order valence-electron chi connectivity index (χ4n) is 3.59. The van der Waals surface area contributed by atoms with Crippen molar-refractivity contribution in [1.82, 2.24) is 25.2 Å². The van der Waals surface area contributed by atoms with Crippen LogP contribution in [0.15, 0.2) is 42.0 Å². The molecule has 6 heteroatoms. The molecule has 0 spiro atoms. The van der Waals surface area contributed by atoms with E-state index in [1.165, 1.54) is 44.9 Å². The van der Waals surface area contributed by atoms with E-state index in [0.717, 1.165) is 29.8 Å². The lowest BCUT2D eigenvalue weighted by Crippen LogP contribution is -2.37. The summed E-state index contributed by atoms with van der Waals surface area (Å²) in [6.45, 7) is 1.69. The van der Waals surface area contributed by atoms with Gasteiger partial charge in [-0.15, -0.1) is 0 Å². The second-order valence-electron chi connectivity index (χ2n) is 6.99. The Balaban J connectivity index is 1.40. The van der Waals surface area contributed by atoms with E-state index < -0.39 is 0 Å². The fourth-order valence-corrected chi connectivity index (χ4v) is 3.59. The van der Waals surface area contributed by atoms with Gasteiger partial charge in [-0.2, -0.15) is 0 Å². The molecule has 140 valence electrons. The third-order valence-corrected chi connectivity index (χ3v) is 5.07. The van der Waals surface area contributed by atoms with Crippen LogP contribution in [-0.2, 0) is 6.54 Å². The van der Waals surface area contributed by atoms with Crippen molar-refractivity contribution in [2.45, 2.75) is 51.5 Å².